The zero-order valence-corrected chi connectivity index (χ0v) is 11.8. The predicted octanol–water partition coefficient (Wildman–Crippen LogP) is 2.33. The lowest BCUT2D eigenvalue weighted by Crippen LogP contribution is -2.21. The van der Waals surface area contributed by atoms with E-state index in [0.29, 0.717) is 18.3 Å². The van der Waals surface area contributed by atoms with E-state index < -0.39 is 4.92 Å². The standard InChI is InChI=1S/C12H14ClN5O2/c1-8(2)14-6-9-7-17(16-15-9)10-3-4-11(13)12(5-10)18(19)20/h3-5,7-8,14H,6H2,1-2H3. The highest BCUT2D eigenvalue weighted by atomic mass is 35.5. The minimum absolute atomic E-state index is 0.0977. The summed E-state index contributed by atoms with van der Waals surface area (Å²) < 4.78 is 1.49. The van der Waals surface area contributed by atoms with Gasteiger partial charge in [0.1, 0.15) is 5.02 Å². The number of rotatable bonds is 5. The Hall–Kier alpha value is -1.99. The predicted molar refractivity (Wildman–Crippen MR) is 75.0 cm³/mol. The van der Waals surface area contributed by atoms with Gasteiger partial charge in [-0.05, 0) is 12.1 Å². The highest BCUT2D eigenvalue weighted by Gasteiger charge is 2.14. The molecule has 0 aliphatic rings. The van der Waals surface area contributed by atoms with Gasteiger partial charge in [-0.3, -0.25) is 10.1 Å². The SMILES string of the molecule is CC(C)NCc1cn(-c2ccc(Cl)c([N+](=O)[O-])c2)nn1. The van der Waals surface area contributed by atoms with Gasteiger partial charge in [-0.25, -0.2) is 4.68 Å². The van der Waals surface area contributed by atoms with E-state index >= 15 is 0 Å². The van der Waals surface area contributed by atoms with Crippen LogP contribution in [0, 0.1) is 10.1 Å². The maximum atomic E-state index is 10.9. The minimum atomic E-state index is -0.524. The van der Waals surface area contributed by atoms with Crippen molar-refractivity contribution in [1.82, 2.24) is 20.3 Å². The third-order valence-electron chi connectivity index (χ3n) is 2.62. The van der Waals surface area contributed by atoms with Crippen LogP contribution in [0.15, 0.2) is 24.4 Å². The Balaban J connectivity index is 2.24. The molecule has 0 spiro atoms. The summed E-state index contributed by atoms with van der Waals surface area (Å²) in [5, 5.41) is 22.1. The normalized spacial score (nSPS) is 11.0. The van der Waals surface area contributed by atoms with Gasteiger partial charge in [0.15, 0.2) is 0 Å². The summed E-state index contributed by atoms with van der Waals surface area (Å²) in [5.74, 6) is 0. The smallest absolute Gasteiger partial charge is 0.290 e. The van der Waals surface area contributed by atoms with Crippen LogP contribution in [0.5, 0.6) is 0 Å². The van der Waals surface area contributed by atoms with Gasteiger partial charge in [0.05, 0.1) is 22.5 Å². The maximum absolute atomic E-state index is 10.9. The number of hydrogen-bond donors (Lipinski definition) is 1. The van der Waals surface area contributed by atoms with E-state index in [9.17, 15) is 10.1 Å². The van der Waals surface area contributed by atoms with Crippen LogP contribution in [-0.2, 0) is 6.54 Å². The molecular weight excluding hydrogens is 282 g/mol. The van der Waals surface area contributed by atoms with E-state index in [1.165, 1.54) is 16.8 Å². The van der Waals surface area contributed by atoms with Crippen molar-refractivity contribution < 1.29 is 4.92 Å². The number of halogens is 1. The number of nitrogens with one attached hydrogen (secondary N) is 1. The molecule has 0 bridgehead atoms. The second kappa shape index (κ2) is 5.98. The Morgan fingerprint density at radius 2 is 2.25 bits per heavy atom. The number of nitrogens with zero attached hydrogens (tertiary/aromatic N) is 4. The first-order valence-corrected chi connectivity index (χ1v) is 6.44. The molecule has 7 nitrogen and oxygen atoms in total. The summed E-state index contributed by atoms with van der Waals surface area (Å²) in [7, 11) is 0. The zero-order chi connectivity index (χ0) is 14.7. The quantitative estimate of drug-likeness (QED) is 0.676. The Kier molecular flexibility index (Phi) is 4.31. The summed E-state index contributed by atoms with van der Waals surface area (Å²) in [6.07, 6.45) is 1.72. The Morgan fingerprint density at radius 1 is 1.50 bits per heavy atom. The Bertz CT molecular complexity index is 626. The molecule has 0 radical (unpaired) electrons. The molecule has 0 fully saturated rings. The molecule has 1 aromatic carbocycles. The lowest BCUT2D eigenvalue weighted by atomic mass is 10.3. The lowest BCUT2D eigenvalue weighted by Gasteiger charge is -2.04. The van der Waals surface area contributed by atoms with E-state index in [0.717, 1.165) is 5.69 Å². The fourth-order valence-electron chi connectivity index (χ4n) is 1.60. The van der Waals surface area contributed by atoms with Crippen molar-refractivity contribution in [3.63, 3.8) is 0 Å². The number of hydrogen-bond acceptors (Lipinski definition) is 5. The molecule has 8 heteroatoms. The average Bonchev–Trinajstić information content (AvgIpc) is 2.85. The molecule has 1 aromatic heterocycles. The second-order valence-corrected chi connectivity index (χ2v) is 4.99. The van der Waals surface area contributed by atoms with Crippen LogP contribution in [0.2, 0.25) is 5.02 Å². The lowest BCUT2D eigenvalue weighted by molar-refractivity contribution is -0.384. The van der Waals surface area contributed by atoms with Crippen molar-refractivity contribution in [2.45, 2.75) is 26.4 Å². The van der Waals surface area contributed by atoms with Crippen LogP contribution in [0.3, 0.4) is 0 Å². The van der Waals surface area contributed by atoms with Crippen molar-refractivity contribution in [3.8, 4) is 5.69 Å². The van der Waals surface area contributed by atoms with Gasteiger partial charge < -0.3 is 5.32 Å². The van der Waals surface area contributed by atoms with Gasteiger partial charge in [-0.2, -0.15) is 0 Å². The second-order valence-electron chi connectivity index (χ2n) is 4.58. The molecule has 0 saturated carbocycles. The molecule has 20 heavy (non-hydrogen) atoms. The monoisotopic (exact) mass is 295 g/mol. The van der Waals surface area contributed by atoms with Gasteiger partial charge in [0, 0.05) is 18.7 Å². The largest absolute Gasteiger partial charge is 0.309 e. The van der Waals surface area contributed by atoms with Crippen molar-refractivity contribution in [3.05, 3.63) is 45.2 Å². The van der Waals surface area contributed by atoms with Crippen molar-refractivity contribution >= 4 is 17.3 Å². The number of benzene rings is 1. The molecule has 2 aromatic rings. The molecule has 0 aliphatic carbocycles. The van der Waals surface area contributed by atoms with Crippen LogP contribution in [0.25, 0.3) is 5.69 Å². The van der Waals surface area contributed by atoms with Crippen LogP contribution < -0.4 is 5.32 Å². The summed E-state index contributed by atoms with van der Waals surface area (Å²) in [6.45, 7) is 4.66. The number of nitro benzene ring substituents is 1. The van der Waals surface area contributed by atoms with Gasteiger partial charge in [0.25, 0.3) is 5.69 Å². The third-order valence-corrected chi connectivity index (χ3v) is 2.94. The molecule has 0 unspecified atom stereocenters. The molecule has 0 saturated heterocycles. The Labute approximate surface area is 120 Å². The average molecular weight is 296 g/mol. The fraction of sp³-hybridized carbons (Fsp3) is 0.333. The van der Waals surface area contributed by atoms with Crippen LogP contribution in [0.1, 0.15) is 19.5 Å². The Morgan fingerprint density at radius 3 is 2.90 bits per heavy atom. The van der Waals surface area contributed by atoms with Crippen molar-refractivity contribution in [2.75, 3.05) is 0 Å². The number of aromatic nitrogens is 3. The van der Waals surface area contributed by atoms with Gasteiger partial charge in [-0.1, -0.05) is 30.7 Å². The first-order valence-electron chi connectivity index (χ1n) is 6.06. The fourth-order valence-corrected chi connectivity index (χ4v) is 1.78. The first-order chi connectivity index (χ1) is 9.47. The van der Waals surface area contributed by atoms with Crippen molar-refractivity contribution in [2.24, 2.45) is 0 Å². The molecule has 106 valence electrons. The van der Waals surface area contributed by atoms with Gasteiger partial charge in [-0.15, -0.1) is 5.10 Å². The number of nitro groups is 1. The third kappa shape index (κ3) is 3.31. The summed E-state index contributed by atoms with van der Waals surface area (Å²) in [6, 6.07) is 4.85. The highest BCUT2D eigenvalue weighted by molar-refractivity contribution is 6.32. The molecule has 0 amide bonds. The zero-order valence-electron chi connectivity index (χ0n) is 11.1. The highest BCUT2D eigenvalue weighted by Crippen LogP contribution is 2.26. The topological polar surface area (TPSA) is 85.9 Å². The molecular formula is C12H14ClN5O2. The van der Waals surface area contributed by atoms with Crippen molar-refractivity contribution in [1.29, 1.82) is 0 Å². The van der Waals surface area contributed by atoms with Gasteiger partial charge >= 0.3 is 0 Å². The summed E-state index contributed by atoms with van der Waals surface area (Å²) >= 11 is 5.77. The van der Waals surface area contributed by atoms with E-state index in [-0.39, 0.29) is 10.7 Å². The maximum Gasteiger partial charge on any atom is 0.290 e. The summed E-state index contributed by atoms with van der Waals surface area (Å²) in [4.78, 5) is 10.3. The molecule has 1 heterocycles. The van der Waals surface area contributed by atoms with Crippen LogP contribution in [-0.4, -0.2) is 26.0 Å². The molecule has 0 atom stereocenters. The molecule has 1 N–H and O–H groups in total. The van der Waals surface area contributed by atoms with E-state index in [1.807, 2.05) is 13.8 Å². The molecule has 2 rings (SSSR count). The molecule has 0 aliphatic heterocycles. The van der Waals surface area contributed by atoms with E-state index in [4.69, 9.17) is 11.6 Å². The van der Waals surface area contributed by atoms with Gasteiger partial charge in [0.2, 0.25) is 0 Å². The minimum Gasteiger partial charge on any atom is -0.309 e. The van der Waals surface area contributed by atoms with E-state index in [2.05, 4.69) is 15.6 Å². The van der Waals surface area contributed by atoms with Crippen LogP contribution >= 0.6 is 11.6 Å². The first kappa shape index (κ1) is 14.4. The van der Waals surface area contributed by atoms with E-state index in [1.54, 1.807) is 12.3 Å². The summed E-state index contributed by atoms with van der Waals surface area (Å²) in [5.41, 5.74) is 1.15. The van der Waals surface area contributed by atoms with Crippen LogP contribution in [0.4, 0.5) is 5.69 Å².